The van der Waals surface area contributed by atoms with Crippen molar-refractivity contribution in [3.63, 3.8) is 0 Å². The van der Waals surface area contributed by atoms with E-state index in [0.29, 0.717) is 6.42 Å². The molecule has 0 fully saturated rings. The maximum absolute atomic E-state index is 14.0. The number of benzene rings is 3. The fourth-order valence-electron chi connectivity index (χ4n) is 4.05. The Morgan fingerprint density at radius 2 is 1.17 bits per heavy atom. The number of hydrogen-bond acceptors (Lipinski definition) is 4. The average Bonchev–Trinajstić information content (AvgIpc) is 2.82. The van der Waals surface area contributed by atoms with Gasteiger partial charge in [-0.1, -0.05) is 117 Å². The first-order valence-electron chi connectivity index (χ1n) is 12.0. The van der Waals surface area contributed by atoms with Gasteiger partial charge in [0.05, 0.1) is 4.75 Å². The molecule has 4 nitrogen and oxygen atoms in total. The van der Waals surface area contributed by atoms with Gasteiger partial charge in [0.1, 0.15) is 11.6 Å². The quantitative estimate of drug-likeness (QED) is 0.341. The number of amides is 1. The van der Waals surface area contributed by atoms with E-state index in [1.165, 1.54) is 11.8 Å². The van der Waals surface area contributed by atoms with Gasteiger partial charge in [-0.3, -0.25) is 4.79 Å². The highest BCUT2D eigenvalue weighted by Gasteiger charge is 2.41. The monoisotopic (exact) mass is 489 g/mol. The molecular weight excluding hydrogens is 454 g/mol. The van der Waals surface area contributed by atoms with Crippen molar-refractivity contribution in [1.82, 2.24) is 5.32 Å². The highest BCUT2D eigenvalue weighted by atomic mass is 32.2. The summed E-state index contributed by atoms with van der Waals surface area (Å²) in [5.41, 5.74) is 2.34. The molecule has 1 N–H and O–H groups in total. The number of hydrogen-bond donors (Lipinski definition) is 1. The third kappa shape index (κ3) is 6.98. The van der Waals surface area contributed by atoms with Crippen LogP contribution in [0, 0.1) is 5.92 Å². The van der Waals surface area contributed by atoms with Crippen LogP contribution in [0.4, 0.5) is 4.79 Å². The van der Waals surface area contributed by atoms with E-state index in [9.17, 15) is 9.59 Å². The summed E-state index contributed by atoms with van der Waals surface area (Å²) < 4.78 is 4.69. The van der Waals surface area contributed by atoms with E-state index in [0.717, 1.165) is 16.7 Å². The molecule has 1 atom stereocenters. The molecule has 3 rings (SSSR count). The minimum atomic E-state index is -0.786. The first-order chi connectivity index (χ1) is 16.6. The van der Waals surface area contributed by atoms with Crippen molar-refractivity contribution in [2.75, 3.05) is 0 Å². The minimum absolute atomic E-state index is 0.110. The standard InChI is InChI=1S/C30H35NO3S/c1-22(2)21-26(31-28(33)34-29(3,4)5)27(32)35-30(23-15-9-6-10-16-23,24-17-11-7-12-18-24)25-19-13-8-14-20-25/h6-20,22,26H,21H2,1-5H3,(H,31,33)/t26-/m0/s1. The number of nitrogens with one attached hydrogen (secondary N) is 1. The number of ether oxygens (including phenoxy) is 1. The summed E-state index contributed by atoms with van der Waals surface area (Å²) in [5.74, 6) is 0.207. The van der Waals surface area contributed by atoms with Crippen LogP contribution >= 0.6 is 11.8 Å². The van der Waals surface area contributed by atoms with Gasteiger partial charge in [0, 0.05) is 0 Å². The zero-order valence-corrected chi connectivity index (χ0v) is 22.0. The highest BCUT2D eigenvalue weighted by Crippen LogP contribution is 2.49. The molecule has 184 valence electrons. The van der Waals surface area contributed by atoms with Crippen LogP contribution in [-0.4, -0.2) is 22.9 Å². The van der Waals surface area contributed by atoms with Crippen molar-refractivity contribution in [2.45, 2.75) is 57.4 Å². The summed E-state index contributed by atoms with van der Waals surface area (Å²) in [6.45, 7) is 9.52. The van der Waals surface area contributed by atoms with Gasteiger partial charge in [-0.25, -0.2) is 4.79 Å². The van der Waals surface area contributed by atoms with Crippen molar-refractivity contribution in [3.05, 3.63) is 108 Å². The maximum atomic E-state index is 14.0. The predicted octanol–water partition coefficient (Wildman–Crippen LogP) is 7.18. The smallest absolute Gasteiger partial charge is 0.408 e. The molecule has 35 heavy (non-hydrogen) atoms. The molecule has 0 radical (unpaired) electrons. The molecule has 0 unspecified atom stereocenters. The average molecular weight is 490 g/mol. The van der Waals surface area contributed by atoms with Crippen LogP contribution in [0.25, 0.3) is 0 Å². The van der Waals surface area contributed by atoms with Crippen molar-refractivity contribution >= 4 is 23.0 Å². The Labute approximate surface area is 213 Å². The fourth-order valence-corrected chi connectivity index (χ4v) is 5.41. The zero-order chi connectivity index (χ0) is 25.5. The molecule has 5 heteroatoms. The number of thioether (sulfide) groups is 1. The summed E-state index contributed by atoms with van der Waals surface area (Å²) in [6.07, 6.45) is -0.0682. The Balaban J connectivity index is 2.09. The Bertz CT molecular complexity index is 996. The molecular formula is C30H35NO3S. The normalized spacial score (nSPS) is 12.7. The fraction of sp³-hybridized carbons (Fsp3) is 0.333. The van der Waals surface area contributed by atoms with Crippen molar-refractivity contribution in [2.24, 2.45) is 5.92 Å². The topological polar surface area (TPSA) is 55.4 Å². The molecule has 0 aromatic heterocycles. The van der Waals surface area contributed by atoms with E-state index in [2.05, 4.69) is 41.7 Å². The molecule has 0 aliphatic rings. The maximum Gasteiger partial charge on any atom is 0.408 e. The van der Waals surface area contributed by atoms with Gasteiger partial charge in [0.15, 0.2) is 0 Å². The molecule has 0 spiro atoms. The van der Waals surface area contributed by atoms with Gasteiger partial charge in [0.2, 0.25) is 5.12 Å². The van der Waals surface area contributed by atoms with E-state index < -0.39 is 22.5 Å². The van der Waals surface area contributed by atoms with Crippen LogP contribution in [-0.2, 0) is 14.3 Å². The summed E-state index contributed by atoms with van der Waals surface area (Å²) in [4.78, 5) is 26.6. The molecule has 0 aliphatic heterocycles. The Morgan fingerprint density at radius 1 is 0.771 bits per heavy atom. The van der Waals surface area contributed by atoms with Gasteiger partial charge in [0.25, 0.3) is 0 Å². The van der Waals surface area contributed by atoms with Crippen LogP contribution in [0.5, 0.6) is 0 Å². The second-order valence-corrected chi connectivity index (χ2v) is 11.2. The number of carbonyl (C=O) groups is 2. The molecule has 0 heterocycles. The van der Waals surface area contributed by atoms with Crippen LogP contribution in [0.3, 0.4) is 0 Å². The number of rotatable bonds is 8. The van der Waals surface area contributed by atoms with Gasteiger partial charge < -0.3 is 10.1 Å². The summed E-state index contributed by atoms with van der Waals surface area (Å²) in [7, 11) is 0. The lowest BCUT2D eigenvalue weighted by Gasteiger charge is -2.36. The lowest BCUT2D eigenvalue weighted by atomic mass is 9.84. The molecule has 0 aliphatic carbocycles. The Morgan fingerprint density at radius 3 is 1.51 bits per heavy atom. The second-order valence-electron chi connectivity index (χ2n) is 10.0. The summed E-state index contributed by atoms with van der Waals surface area (Å²) >= 11 is 1.25. The van der Waals surface area contributed by atoms with Gasteiger partial charge in [-0.2, -0.15) is 0 Å². The van der Waals surface area contributed by atoms with Gasteiger partial charge >= 0.3 is 6.09 Å². The van der Waals surface area contributed by atoms with E-state index in [4.69, 9.17) is 4.74 Å². The third-order valence-corrected chi connectivity index (χ3v) is 6.98. The lowest BCUT2D eigenvalue weighted by Crippen LogP contribution is -2.44. The SMILES string of the molecule is CC(C)C[C@H](NC(=O)OC(C)(C)C)C(=O)SC(c1ccccc1)(c1ccccc1)c1ccccc1. The number of carbonyl (C=O) groups excluding carboxylic acids is 2. The van der Waals surface area contributed by atoms with E-state index in [1.54, 1.807) is 0 Å². The Kier molecular flexibility index (Phi) is 8.79. The zero-order valence-electron chi connectivity index (χ0n) is 21.2. The number of alkyl carbamates (subject to hydrolysis) is 1. The molecule has 0 bridgehead atoms. The summed E-state index contributed by atoms with van der Waals surface area (Å²) in [5, 5.41) is 2.74. The molecule has 1 amide bonds. The first-order valence-corrected chi connectivity index (χ1v) is 12.8. The Hall–Kier alpha value is -3.05. The lowest BCUT2D eigenvalue weighted by molar-refractivity contribution is -0.113. The van der Waals surface area contributed by atoms with Gasteiger partial charge in [-0.15, -0.1) is 0 Å². The predicted molar refractivity (Wildman–Crippen MR) is 144 cm³/mol. The van der Waals surface area contributed by atoms with Crippen LogP contribution in [0.2, 0.25) is 0 Å². The van der Waals surface area contributed by atoms with Gasteiger partial charge in [-0.05, 0) is 49.8 Å². The second kappa shape index (κ2) is 11.6. The van der Waals surface area contributed by atoms with E-state index in [1.807, 2.05) is 89.2 Å². The first kappa shape index (κ1) is 26.6. The van der Waals surface area contributed by atoms with Crippen molar-refractivity contribution in [1.29, 1.82) is 0 Å². The minimum Gasteiger partial charge on any atom is -0.444 e. The molecule has 0 saturated heterocycles. The molecule has 3 aromatic rings. The van der Waals surface area contributed by atoms with Crippen molar-refractivity contribution in [3.8, 4) is 0 Å². The largest absolute Gasteiger partial charge is 0.444 e. The third-order valence-electron chi connectivity index (χ3n) is 5.48. The van der Waals surface area contributed by atoms with Crippen LogP contribution in [0.1, 0.15) is 57.7 Å². The van der Waals surface area contributed by atoms with Crippen LogP contribution < -0.4 is 5.32 Å². The van der Waals surface area contributed by atoms with E-state index >= 15 is 0 Å². The summed E-state index contributed by atoms with van der Waals surface area (Å²) in [6, 6.07) is 29.5. The molecule has 3 aromatic carbocycles. The molecule has 0 saturated carbocycles. The highest BCUT2D eigenvalue weighted by molar-refractivity contribution is 8.14. The van der Waals surface area contributed by atoms with E-state index in [-0.39, 0.29) is 11.0 Å². The van der Waals surface area contributed by atoms with Crippen LogP contribution in [0.15, 0.2) is 91.0 Å². The van der Waals surface area contributed by atoms with Crippen molar-refractivity contribution < 1.29 is 14.3 Å².